The number of carbonyl (C=O) groups is 1. The van der Waals surface area contributed by atoms with Crippen LogP contribution in [0, 0.1) is 0 Å². The number of rotatable bonds is 8. The number of nitrogens with zero attached hydrogens (tertiary/aromatic N) is 1. The largest absolute Gasteiger partial charge is 0.497 e. The number of hydrogen-bond acceptors (Lipinski definition) is 6. The normalized spacial score (nSPS) is 14.3. The number of nitrogens with one attached hydrogen (secondary N) is 3. The highest BCUT2D eigenvalue weighted by Crippen LogP contribution is 2.16. The van der Waals surface area contributed by atoms with Gasteiger partial charge in [0, 0.05) is 19.6 Å². The Morgan fingerprint density at radius 3 is 2.58 bits per heavy atom. The molecule has 0 atom stereocenters. The van der Waals surface area contributed by atoms with Crippen LogP contribution >= 0.6 is 12.2 Å². The van der Waals surface area contributed by atoms with Crippen LogP contribution < -0.4 is 25.6 Å². The second kappa shape index (κ2) is 11.5. The quantitative estimate of drug-likeness (QED) is 0.336. The van der Waals surface area contributed by atoms with Crippen molar-refractivity contribution in [2.75, 3.05) is 53.1 Å². The summed E-state index contributed by atoms with van der Waals surface area (Å²) in [6.45, 7) is 5.19. The molecule has 26 heavy (non-hydrogen) atoms. The number of hydrogen-bond donors (Lipinski definition) is 3. The maximum Gasteiger partial charge on any atom is 0.276 e. The molecule has 2 rings (SSSR count). The van der Waals surface area contributed by atoms with Gasteiger partial charge in [0.2, 0.25) is 0 Å². The summed E-state index contributed by atoms with van der Waals surface area (Å²) in [7, 11) is 1.59. The Morgan fingerprint density at radius 2 is 1.88 bits per heavy atom. The lowest BCUT2D eigenvalue weighted by Gasteiger charge is -2.26. The van der Waals surface area contributed by atoms with Crippen molar-refractivity contribution in [1.82, 2.24) is 21.1 Å². The van der Waals surface area contributed by atoms with E-state index in [-0.39, 0.29) is 12.5 Å². The molecule has 8 nitrogen and oxygen atoms in total. The van der Waals surface area contributed by atoms with Crippen LogP contribution in [0.1, 0.15) is 6.42 Å². The summed E-state index contributed by atoms with van der Waals surface area (Å²) in [6, 6.07) is 7.00. The topological polar surface area (TPSA) is 84.1 Å². The van der Waals surface area contributed by atoms with Crippen LogP contribution in [0.15, 0.2) is 24.3 Å². The molecular formula is C17H26N4O4S. The monoisotopic (exact) mass is 382 g/mol. The molecule has 144 valence electrons. The SMILES string of the molecule is COc1ccc(OCC(=O)NNC(=S)NCCCN2CCOCC2)cc1. The highest BCUT2D eigenvalue weighted by molar-refractivity contribution is 7.80. The van der Waals surface area contributed by atoms with E-state index < -0.39 is 0 Å². The Morgan fingerprint density at radius 1 is 1.19 bits per heavy atom. The highest BCUT2D eigenvalue weighted by atomic mass is 32.1. The van der Waals surface area contributed by atoms with Crippen molar-refractivity contribution in [3.63, 3.8) is 0 Å². The molecule has 1 aromatic rings. The van der Waals surface area contributed by atoms with Crippen molar-refractivity contribution in [3.05, 3.63) is 24.3 Å². The van der Waals surface area contributed by atoms with E-state index in [1.165, 1.54) is 0 Å². The van der Waals surface area contributed by atoms with E-state index in [9.17, 15) is 4.79 Å². The average molecular weight is 382 g/mol. The first-order valence-electron chi connectivity index (χ1n) is 8.57. The van der Waals surface area contributed by atoms with Gasteiger partial charge >= 0.3 is 0 Å². The summed E-state index contributed by atoms with van der Waals surface area (Å²) < 4.78 is 15.8. The smallest absolute Gasteiger partial charge is 0.276 e. The van der Waals surface area contributed by atoms with Crippen LogP contribution in [-0.2, 0) is 9.53 Å². The van der Waals surface area contributed by atoms with Crippen LogP contribution in [0.4, 0.5) is 0 Å². The molecule has 1 fully saturated rings. The number of thiocarbonyl (C=S) groups is 1. The third-order valence-corrected chi connectivity index (χ3v) is 4.03. The van der Waals surface area contributed by atoms with Gasteiger partial charge in [-0.1, -0.05) is 0 Å². The van der Waals surface area contributed by atoms with Crippen molar-refractivity contribution in [3.8, 4) is 11.5 Å². The fraction of sp³-hybridized carbons (Fsp3) is 0.529. The molecule has 3 N–H and O–H groups in total. The first-order valence-corrected chi connectivity index (χ1v) is 8.98. The zero-order chi connectivity index (χ0) is 18.6. The van der Waals surface area contributed by atoms with Gasteiger partial charge in [-0.15, -0.1) is 0 Å². The molecule has 1 aliphatic heterocycles. The lowest BCUT2D eigenvalue weighted by atomic mass is 10.3. The zero-order valence-electron chi connectivity index (χ0n) is 15.0. The number of carbonyl (C=O) groups excluding carboxylic acids is 1. The van der Waals surface area contributed by atoms with Gasteiger partial charge in [-0.25, -0.2) is 0 Å². The van der Waals surface area contributed by atoms with Gasteiger partial charge in [0.05, 0.1) is 20.3 Å². The molecular weight excluding hydrogens is 356 g/mol. The second-order valence-electron chi connectivity index (χ2n) is 5.70. The summed E-state index contributed by atoms with van der Waals surface area (Å²) >= 11 is 5.12. The third-order valence-electron chi connectivity index (χ3n) is 3.79. The summed E-state index contributed by atoms with van der Waals surface area (Å²) in [5.74, 6) is 0.997. The highest BCUT2D eigenvalue weighted by Gasteiger charge is 2.09. The summed E-state index contributed by atoms with van der Waals surface area (Å²) in [4.78, 5) is 14.1. The van der Waals surface area contributed by atoms with Gasteiger partial charge in [0.15, 0.2) is 11.7 Å². The Hall–Kier alpha value is -2.10. The Bertz CT molecular complexity index is 564. The van der Waals surface area contributed by atoms with Gasteiger partial charge < -0.3 is 19.5 Å². The minimum Gasteiger partial charge on any atom is -0.497 e. The van der Waals surface area contributed by atoms with E-state index in [1.54, 1.807) is 31.4 Å². The molecule has 0 aromatic heterocycles. The Kier molecular flexibility index (Phi) is 8.94. The summed E-state index contributed by atoms with van der Waals surface area (Å²) in [5.41, 5.74) is 5.16. The molecule has 0 aliphatic carbocycles. The minimum absolute atomic E-state index is 0.112. The lowest BCUT2D eigenvalue weighted by molar-refractivity contribution is -0.123. The van der Waals surface area contributed by atoms with E-state index in [4.69, 9.17) is 26.4 Å². The fourth-order valence-electron chi connectivity index (χ4n) is 2.36. The van der Waals surface area contributed by atoms with Crippen molar-refractivity contribution in [2.24, 2.45) is 0 Å². The summed E-state index contributed by atoms with van der Waals surface area (Å²) in [6.07, 6.45) is 0.969. The van der Waals surface area contributed by atoms with Crippen LogP contribution in [0.5, 0.6) is 11.5 Å². The van der Waals surface area contributed by atoms with Crippen molar-refractivity contribution >= 4 is 23.2 Å². The van der Waals surface area contributed by atoms with Gasteiger partial charge in [0.1, 0.15) is 11.5 Å². The molecule has 9 heteroatoms. The molecule has 0 spiro atoms. The second-order valence-corrected chi connectivity index (χ2v) is 6.11. The molecule has 0 bridgehead atoms. The van der Waals surface area contributed by atoms with Gasteiger partial charge in [-0.2, -0.15) is 0 Å². The molecule has 0 radical (unpaired) electrons. The fourth-order valence-corrected chi connectivity index (χ4v) is 2.51. The Balaban J connectivity index is 1.51. The van der Waals surface area contributed by atoms with Crippen LogP contribution in [0.2, 0.25) is 0 Å². The van der Waals surface area contributed by atoms with Crippen molar-refractivity contribution in [2.45, 2.75) is 6.42 Å². The van der Waals surface area contributed by atoms with E-state index in [2.05, 4.69) is 21.1 Å². The van der Waals surface area contributed by atoms with Crippen LogP contribution in [-0.4, -0.2) is 69.0 Å². The zero-order valence-corrected chi connectivity index (χ0v) is 15.8. The van der Waals surface area contributed by atoms with E-state index >= 15 is 0 Å². The van der Waals surface area contributed by atoms with E-state index in [0.717, 1.165) is 51.6 Å². The molecule has 0 unspecified atom stereocenters. The van der Waals surface area contributed by atoms with Crippen molar-refractivity contribution in [1.29, 1.82) is 0 Å². The van der Waals surface area contributed by atoms with Gasteiger partial charge in [-0.3, -0.25) is 20.5 Å². The number of benzene rings is 1. The maximum atomic E-state index is 11.8. The summed E-state index contributed by atoms with van der Waals surface area (Å²) in [5, 5.41) is 3.44. The maximum absolute atomic E-state index is 11.8. The Labute approximate surface area is 159 Å². The number of morpholine rings is 1. The minimum atomic E-state index is -0.321. The van der Waals surface area contributed by atoms with Gasteiger partial charge in [0.25, 0.3) is 5.91 Å². The van der Waals surface area contributed by atoms with E-state index in [1.807, 2.05) is 0 Å². The average Bonchev–Trinajstić information content (AvgIpc) is 2.69. The molecule has 1 heterocycles. The predicted octanol–water partition coefficient (Wildman–Crippen LogP) is 0.292. The lowest BCUT2D eigenvalue weighted by Crippen LogP contribution is -2.48. The number of hydrazine groups is 1. The number of ether oxygens (including phenoxy) is 3. The molecule has 1 saturated heterocycles. The third kappa shape index (κ3) is 7.85. The standard InChI is InChI=1S/C17H26N4O4S/c1-23-14-3-5-15(6-4-14)25-13-16(22)19-20-17(26)18-7-2-8-21-9-11-24-12-10-21/h3-6H,2,7-13H2,1H3,(H,19,22)(H2,18,20,26). The van der Waals surface area contributed by atoms with E-state index in [0.29, 0.717) is 10.9 Å². The molecule has 1 aromatic carbocycles. The number of amides is 1. The predicted molar refractivity (Wildman–Crippen MR) is 102 cm³/mol. The van der Waals surface area contributed by atoms with Gasteiger partial charge in [-0.05, 0) is 49.4 Å². The molecule has 0 saturated carbocycles. The molecule has 1 aliphatic rings. The first-order chi connectivity index (χ1) is 12.7. The van der Waals surface area contributed by atoms with Crippen molar-refractivity contribution < 1.29 is 19.0 Å². The van der Waals surface area contributed by atoms with Crippen LogP contribution in [0.25, 0.3) is 0 Å². The van der Waals surface area contributed by atoms with Crippen LogP contribution in [0.3, 0.4) is 0 Å². The first kappa shape index (κ1) is 20.2. The molecule has 1 amide bonds. The number of methoxy groups -OCH3 is 1.